The normalized spacial score (nSPS) is 16.5. The Morgan fingerprint density at radius 2 is 1.95 bits per heavy atom. The molecule has 0 saturated carbocycles. The van der Waals surface area contributed by atoms with E-state index in [1.165, 1.54) is 0 Å². The fourth-order valence-corrected chi connectivity index (χ4v) is 3.16. The van der Waals surface area contributed by atoms with Crippen LogP contribution in [-0.4, -0.2) is 29.1 Å². The minimum Gasteiger partial charge on any atom is -0.486 e. The Morgan fingerprint density at radius 3 is 2.67 bits per heavy atom. The summed E-state index contributed by atoms with van der Waals surface area (Å²) in [6.07, 6.45) is 2.85. The van der Waals surface area contributed by atoms with Gasteiger partial charge in [0.25, 0.3) is 0 Å². The molecule has 2 heterocycles. The van der Waals surface area contributed by atoms with E-state index in [1.54, 1.807) is 0 Å². The number of alkyl halides is 1. The van der Waals surface area contributed by atoms with Crippen molar-refractivity contribution in [2.24, 2.45) is 0 Å². The molecule has 1 aliphatic rings. The Morgan fingerprint density at radius 1 is 1.24 bits per heavy atom. The van der Waals surface area contributed by atoms with Crippen molar-refractivity contribution in [3.05, 3.63) is 24.4 Å². The highest BCUT2D eigenvalue weighted by Crippen LogP contribution is 2.36. The molecule has 4 nitrogen and oxygen atoms in total. The van der Waals surface area contributed by atoms with Gasteiger partial charge in [0.05, 0.1) is 0 Å². The summed E-state index contributed by atoms with van der Waals surface area (Å²) in [5, 5.41) is 5.66. The summed E-state index contributed by atoms with van der Waals surface area (Å²) in [6.45, 7) is 5.51. The lowest BCUT2D eigenvalue weighted by Gasteiger charge is -2.21. The number of nitrogens with zero attached hydrogens (tertiary/aromatic N) is 1. The maximum atomic E-state index is 5.67. The number of anilines is 1. The van der Waals surface area contributed by atoms with Gasteiger partial charge in [-0.2, -0.15) is 0 Å². The first-order valence-corrected chi connectivity index (χ1v) is 8.14. The van der Waals surface area contributed by atoms with Crippen LogP contribution in [0.4, 0.5) is 5.82 Å². The number of hydrogen-bond acceptors (Lipinski definition) is 4. The predicted molar refractivity (Wildman–Crippen MR) is 88.8 cm³/mol. The molecule has 1 aromatic carbocycles. The zero-order valence-corrected chi connectivity index (χ0v) is 13.8. The summed E-state index contributed by atoms with van der Waals surface area (Å²) in [6, 6.07) is 6.37. The van der Waals surface area contributed by atoms with Gasteiger partial charge in [-0.15, -0.1) is 0 Å². The number of aromatic nitrogens is 1. The minimum absolute atomic E-state index is 0.339. The third-order valence-corrected chi connectivity index (χ3v) is 3.86. The summed E-state index contributed by atoms with van der Waals surface area (Å²) in [7, 11) is 0. The summed E-state index contributed by atoms with van der Waals surface area (Å²) in [4.78, 5) is 4.95. The molecule has 1 N–H and O–H groups in total. The van der Waals surface area contributed by atoms with E-state index >= 15 is 0 Å². The molecule has 1 aromatic heterocycles. The van der Waals surface area contributed by atoms with Crippen LogP contribution in [0.25, 0.3) is 10.8 Å². The summed E-state index contributed by atoms with van der Waals surface area (Å²) in [5.41, 5.74) is 0. The van der Waals surface area contributed by atoms with E-state index in [4.69, 9.17) is 9.47 Å². The van der Waals surface area contributed by atoms with Gasteiger partial charge in [-0.3, -0.25) is 0 Å². The van der Waals surface area contributed by atoms with Gasteiger partial charge < -0.3 is 14.8 Å². The highest BCUT2D eigenvalue weighted by Gasteiger charge is 2.15. The topological polar surface area (TPSA) is 43.4 Å². The third-order valence-electron chi connectivity index (χ3n) is 3.49. The van der Waals surface area contributed by atoms with E-state index in [1.807, 2.05) is 24.4 Å². The second-order valence-electron chi connectivity index (χ2n) is 5.44. The first-order chi connectivity index (χ1) is 10.1. The molecule has 1 aliphatic heterocycles. The first kappa shape index (κ1) is 14.4. The SMILES string of the molecule is CC(Br)CC(C)Nc1nccc2cc3c(cc12)OCCO3. The van der Waals surface area contributed by atoms with Crippen LogP contribution >= 0.6 is 15.9 Å². The number of benzene rings is 1. The Bertz CT molecular complexity index is 645. The van der Waals surface area contributed by atoms with Crippen LogP contribution in [0.3, 0.4) is 0 Å². The van der Waals surface area contributed by atoms with E-state index in [0.29, 0.717) is 24.1 Å². The lowest BCUT2D eigenvalue weighted by molar-refractivity contribution is 0.172. The largest absolute Gasteiger partial charge is 0.486 e. The molecule has 0 bridgehead atoms. The molecular weight excluding hydrogens is 332 g/mol. The number of pyridine rings is 1. The fraction of sp³-hybridized carbons (Fsp3) is 0.438. The van der Waals surface area contributed by atoms with Gasteiger partial charge >= 0.3 is 0 Å². The molecule has 2 aromatic rings. The van der Waals surface area contributed by atoms with Crippen molar-refractivity contribution in [2.45, 2.75) is 31.1 Å². The molecule has 112 valence electrons. The molecule has 2 unspecified atom stereocenters. The van der Waals surface area contributed by atoms with Crippen LogP contribution in [0.2, 0.25) is 0 Å². The first-order valence-electron chi connectivity index (χ1n) is 7.22. The third kappa shape index (κ3) is 3.23. The molecule has 2 atom stereocenters. The Labute approximate surface area is 133 Å². The van der Waals surface area contributed by atoms with Gasteiger partial charge in [0.15, 0.2) is 11.5 Å². The van der Waals surface area contributed by atoms with Crippen molar-refractivity contribution >= 4 is 32.5 Å². The van der Waals surface area contributed by atoms with Crippen molar-refractivity contribution in [2.75, 3.05) is 18.5 Å². The average Bonchev–Trinajstić information content (AvgIpc) is 2.45. The second kappa shape index (κ2) is 6.10. The average molecular weight is 351 g/mol. The number of halogens is 1. The van der Waals surface area contributed by atoms with Gasteiger partial charge in [-0.1, -0.05) is 22.9 Å². The van der Waals surface area contributed by atoms with Crippen LogP contribution in [0.15, 0.2) is 24.4 Å². The summed E-state index contributed by atoms with van der Waals surface area (Å²) in [5.74, 6) is 2.50. The number of rotatable bonds is 4. The Kier molecular flexibility index (Phi) is 4.19. The molecule has 21 heavy (non-hydrogen) atoms. The smallest absolute Gasteiger partial charge is 0.162 e. The minimum atomic E-state index is 0.339. The molecule has 0 aliphatic carbocycles. The molecule has 5 heteroatoms. The van der Waals surface area contributed by atoms with Crippen molar-refractivity contribution < 1.29 is 9.47 Å². The van der Waals surface area contributed by atoms with Gasteiger partial charge in [-0.25, -0.2) is 4.98 Å². The number of fused-ring (bicyclic) bond motifs is 2. The fourth-order valence-electron chi connectivity index (χ4n) is 2.60. The highest BCUT2D eigenvalue weighted by atomic mass is 79.9. The van der Waals surface area contributed by atoms with E-state index in [0.717, 1.165) is 34.5 Å². The summed E-state index contributed by atoms with van der Waals surface area (Å²) >= 11 is 3.59. The zero-order valence-electron chi connectivity index (χ0n) is 12.2. The maximum absolute atomic E-state index is 5.67. The van der Waals surface area contributed by atoms with Crippen molar-refractivity contribution in [1.82, 2.24) is 4.98 Å². The molecule has 0 amide bonds. The van der Waals surface area contributed by atoms with Crippen LogP contribution in [0.5, 0.6) is 11.5 Å². The quantitative estimate of drug-likeness (QED) is 0.847. The predicted octanol–water partition coefficient (Wildman–Crippen LogP) is 3.98. The van der Waals surface area contributed by atoms with Gasteiger partial charge in [0.2, 0.25) is 0 Å². The van der Waals surface area contributed by atoms with Crippen LogP contribution in [-0.2, 0) is 0 Å². The van der Waals surface area contributed by atoms with Crippen molar-refractivity contribution in [1.29, 1.82) is 0 Å². The van der Waals surface area contributed by atoms with Gasteiger partial charge in [-0.05, 0) is 36.9 Å². The molecule has 0 fully saturated rings. The Hall–Kier alpha value is -1.49. The monoisotopic (exact) mass is 350 g/mol. The van der Waals surface area contributed by atoms with E-state index < -0.39 is 0 Å². The van der Waals surface area contributed by atoms with E-state index in [2.05, 4.69) is 40.1 Å². The highest BCUT2D eigenvalue weighted by molar-refractivity contribution is 9.09. The number of nitrogens with one attached hydrogen (secondary N) is 1. The van der Waals surface area contributed by atoms with Crippen molar-refractivity contribution in [3.63, 3.8) is 0 Å². The molecule has 3 rings (SSSR count). The maximum Gasteiger partial charge on any atom is 0.162 e. The molecular formula is C16H19BrN2O2. The second-order valence-corrected chi connectivity index (χ2v) is 7.00. The lowest BCUT2D eigenvalue weighted by atomic mass is 10.1. The zero-order chi connectivity index (χ0) is 14.8. The van der Waals surface area contributed by atoms with Crippen LogP contribution in [0, 0.1) is 0 Å². The lowest BCUT2D eigenvalue weighted by Crippen LogP contribution is -2.19. The standard InChI is InChI=1S/C16H19BrN2O2/c1-10(17)7-11(2)19-16-13-9-15-14(20-5-6-21-15)8-12(13)3-4-18-16/h3-4,8-11H,5-7H2,1-2H3,(H,18,19). The van der Waals surface area contributed by atoms with Gasteiger partial charge in [0.1, 0.15) is 19.0 Å². The molecule has 0 saturated heterocycles. The molecule has 0 radical (unpaired) electrons. The number of ether oxygens (including phenoxy) is 2. The van der Waals surface area contributed by atoms with Crippen LogP contribution < -0.4 is 14.8 Å². The van der Waals surface area contributed by atoms with Crippen LogP contribution in [0.1, 0.15) is 20.3 Å². The summed E-state index contributed by atoms with van der Waals surface area (Å²) < 4.78 is 11.3. The van der Waals surface area contributed by atoms with Crippen molar-refractivity contribution in [3.8, 4) is 11.5 Å². The molecule has 0 spiro atoms. The van der Waals surface area contributed by atoms with E-state index in [-0.39, 0.29) is 0 Å². The van der Waals surface area contributed by atoms with Gasteiger partial charge in [0, 0.05) is 22.5 Å². The van der Waals surface area contributed by atoms with E-state index in [9.17, 15) is 0 Å². The number of hydrogen-bond donors (Lipinski definition) is 1. The Balaban J connectivity index is 1.95.